The van der Waals surface area contributed by atoms with Crippen LogP contribution in [0, 0.1) is 0 Å². The van der Waals surface area contributed by atoms with Gasteiger partial charge in [0.1, 0.15) is 17.2 Å². The van der Waals surface area contributed by atoms with Gasteiger partial charge in [0.15, 0.2) is 0 Å². The van der Waals surface area contributed by atoms with Gasteiger partial charge in [-0.1, -0.05) is 6.92 Å². The van der Waals surface area contributed by atoms with E-state index >= 15 is 0 Å². The standard InChI is InChI=1S/C10H12O5/c1-5(2-9(14)15)10-7(12)3-6(11)4-8(10)13/h3-5,11-13H,2H2,1H3,(H,14,15). The number of carboxylic acid groups (broad SMARTS) is 1. The molecule has 5 nitrogen and oxygen atoms in total. The summed E-state index contributed by atoms with van der Waals surface area (Å²) in [6, 6.07) is 2.13. The van der Waals surface area contributed by atoms with E-state index in [0.717, 1.165) is 12.1 Å². The number of benzene rings is 1. The number of aromatic hydroxyl groups is 3. The third kappa shape index (κ3) is 2.52. The molecule has 0 saturated carbocycles. The number of hydrogen-bond donors (Lipinski definition) is 4. The molecule has 1 atom stereocenters. The van der Waals surface area contributed by atoms with Crippen LogP contribution in [0.4, 0.5) is 0 Å². The summed E-state index contributed by atoms with van der Waals surface area (Å²) in [7, 11) is 0. The number of aliphatic carboxylic acids is 1. The first-order valence-electron chi connectivity index (χ1n) is 4.38. The van der Waals surface area contributed by atoms with Crippen molar-refractivity contribution in [3.63, 3.8) is 0 Å². The summed E-state index contributed by atoms with van der Waals surface area (Å²) >= 11 is 0. The van der Waals surface area contributed by atoms with E-state index in [0.29, 0.717) is 0 Å². The molecule has 0 radical (unpaired) electrons. The van der Waals surface area contributed by atoms with Crippen LogP contribution in [0.1, 0.15) is 24.8 Å². The highest BCUT2D eigenvalue weighted by Gasteiger charge is 2.18. The molecule has 1 rings (SSSR count). The first-order valence-corrected chi connectivity index (χ1v) is 4.38. The summed E-state index contributed by atoms with van der Waals surface area (Å²) in [5, 5.41) is 36.5. The fourth-order valence-corrected chi connectivity index (χ4v) is 1.48. The molecule has 82 valence electrons. The molecular weight excluding hydrogens is 200 g/mol. The molecule has 0 aromatic heterocycles. The minimum Gasteiger partial charge on any atom is -0.508 e. The Morgan fingerprint density at radius 1 is 1.27 bits per heavy atom. The normalized spacial score (nSPS) is 12.3. The molecule has 1 aromatic carbocycles. The van der Waals surface area contributed by atoms with E-state index < -0.39 is 11.9 Å². The van der Waals surface area contributed by atoms with E-state index in [9.17, 15) is 15.0 Å². The van der Waals surface area contributed by atoms with Gasteiger partial charge in [0.2, 0.25) is 0 Å². The molecule has 0 aliphatic carbocycles. The van der Waals surface area contributed by atoms with Crippen molar-refractivity contribution in [2.75, 3.05) is 0 Å². The molecule has 1 aromatic rings. The molecule has 0 amide bonds. The zero-order valence-electron chi connectivity index (χ0n) is 8.14. The van der Waals surface area contributed by atoms with Gasteiger partial charge in [-0.05, 0) is 5.92 Å². The largest absolute Gasteiger partial charge is 0.508 e. The van der Waals surface area contributed by atoms with Gasteiger partial charge in [0.05, 0.1) is 6.42 Å². The molecule has 5 heteroatoms. The van der Waals surface area contributed by atoms with Gasteiger partial charge in [-0.15, -0.1) is 0 Å². The lowest BCUT2D eigenvalue weighted by Gasteiger charge is -2.13. The lowest BCUT2D eigenvalue weighted by molar-refractivity contribution is -0.137. The van der Waals surface area contributed by atoms with Gasteiger partial charge in [0.25, 0.3) is 0 Å². The Morgan fingerprint density at radius 2 is 1.73 bits per heavy atom. The summed E-state index contributed by atoms with van der Waals surface area (Å²) < 4.78 is 0. The second kappa shape index (κ2) is 4.08. The van der Waals surface area contributed by atoms with E-state index in [1.54, 1.807) is 6.92 Å². The highest BCUT2D eigenvalue weighted by atomic mass is 16.4. The predicted molar refractivity (Wildman–Crippen MR) is 52.1 cm³/mol. The Morgan fingerprint density at radius 3 is 2.13 bits per heavy atom. The van der Waals surface area contributed by atoms with Crippen LogP contribution in [0.2, 0.25) is 0 Å². The predicted octanol–water partition coefficient (Wildman–Crippen LogP) is 1.38. The van der Waals surface area contributed by atoms with Crippen molar-refractivity contribution >= 4 is 5.97 Å². The number of carboxylic acids is 1. The number of phenolic OH excluding ortho intramolecular Hbond substituents is 3. The first kappa shape index (κ1) is 11.2. The second-order valence-corrected chi connectivity index (χ2v) is 3.40. The Labute approximate surface area is 86.2 Å². The monoisotopic (exact) mass is 212 g/mol. The smallest absolute Gasteiger partial charge is 0.303 e. The van der Waals surface area contributed by atoms with E-state index in [-0.39, 0.29) is 29.2 Å². The maximum atomic E-state index is 10.5. The molecule has 0 spiro atoms. The number of carbonyl (C=O) groups is 1. The van der Waals surface area contributed by atoms with Gasteiger partial charge in [-0.3, -0.25) is 4.79 Å². The van der Waals surface area contributed by atoms with Gasteiger partial charge in [0, 0.05) is 17.7 Å². The second-order valence-electron chi connectivity index (χ2n) is 3.40. The highest BCUT2D eigenvalue weighted by molar-refractivity contribution is 5.68. The molecule has 0 fully saturated rings. The van der Waals surface area contributed by atoms with Crippen LogP contribution >= 0.6 is 0 Å². The van der Waals surface area contributed by atoms with Crippen molar-refractivity contribution in [2.45, 2.75) is 19.3 Å². The van der Waals surface area contributed by atoms with E-state index in [1.807, 2.05) is 0 Å². The molecule has 0 saturated heterocycles. The zero-order valence-corrected chi connectivity index (χ0v) is 8.14. The van der Waals surface area contributed by atoms with Crippen molar-refractivity contribution < 1.29 is 25.2 Å². The fourth-order valence-electron chi connectivity index (χ4n) is 1.48. The van der Waals surface area contributed by atoms with E-state index in [2.05, 4.69) is 0 Å². The van der Waals surface area contributed by atoms with Crippen LogP contribution in [-0.4, -0.2) is 26.4 Å². The number of hydrogen-bond acceptors (Lipinski definition) is 4. The van der Waals surface area contributed by atoms with Gasteiger partial charge in [-0.25, -0.2) is 0 Å². The van der Waals surface area contributed by atoms with Crippen LogP contribution < -0.4 is 0 Å². The molecule has 4 N–H and O–H groups in total. The quantitative estimate of drug-likeness (QED) is 0.606. The highest BCUT2D eigenvalue weighted by Crippen LogP contribution is 2.38. The van der Waals surface area contributed by atoms with Crippen molar-refractivity contribution in [3.05, 3.63) is 17.7 Å². The molecule has 0 heterocycles. The summed E-state index contributed by atoms with van der Waals surface area (Å²) in [6.45, 7) is 1.57. The third-order valence-electron chi connectivity index (χ3n) is 2.09. The minimum absolute atomic E-state index is 0.134. The number of rotatable bonds is 3. The topological polar surface area (TPSA) is 98.0 Å². The Kier molecular flexibility index (Phi) is 3.04. The first-order chi connectivity index (χ1) is 6.91. The summed E-state index contributed by atoms with van der Waals surface area (Å²) in [5.74, 6) is -2.42. The van der Waals surface area contributed by atoms with Crippen molar-refractivity contribution in [2.24, 2.45) is 0 Å². The molecule has 1 unspecified atom stereocenters. The molecule has 0 bridgehead atoms. The van der Waals surface area contributed by atoms with Gasteiger partial charge < -0.3 is 20.4 Å². The lowest BCUT2D eigenvalue weighted by Crippen LogP contribution is -2.03. The zero-order chi connectivity index (χ0) is 11.6. The molecule has 15 heavy (non-hydrogen) atoms. The Balaban J connectivity index is 3.08. The fraction of sp³-hybridized carbons (Fsp3) is 0.300. The molecule has 0 aliphatic rings. The molecule has 0 aliphatic heterocycles. The maximum absolute atomic E-state index is 10.5. The van der Waals surface area contributed by atoms with Crippen LogP contribution in [0.3, 0.4) is 0 Å². The number of phenols is 3. The van der Waals surface area contributed by atoms with E-state index in [4.69, 9.17) is 10.2 Å². The maximum Gasteiger partial charge on any atom is 0.303 e. The van der Waals surface area contributed by atoms with Crippen molar-refractivity contribution in [1.82, 2.24) is 0 Å². The van der Waals surface area contributed by atoms with Gasteiger partial charge >= 0.3 is 5.97 Å². The lowest BCUT2D eigenvalue weighted by atomic mass is 9.96. The van der Waals surface area contributed by atoms with Crippen LogP contribution in [0.5, 0.6) is 17.2 Å². The minimum atomic E-state index is -1.02. The average molecular weight is 212 g/mol. The Bertz CT molecular complexity index is 362. The average Bonchev–Trinajstić information content (AvgIpc) is 1.99. The van der Waals surface area contributed by atoms with E-state index in [1.165, 1.54) is 0 Å². The van der Waals surface area contributed by atoms with Crippen molar-refractivity contribution in [1.29, 1.82) is 0 Å². The summed E-state index contributed by atoms with van der Waals surface area (Å²) in [6.07, 6.45) is -0.202. The van der Waals surface area contributed by atoms with Crippen molar-refractivity contribution in [3.8, 4) is 17.2 Å². The van der Waals surface area contributed by atoms with Crippen LogP contribution in [0.25, 0.3) is 0 Å². The molecular formula is C10H12O5. The SMILES string of the molecule is CC(CC(=O)O)c1c(O)cc(O)cc1O. The summed E-state index contributed by atoms with van der Waals surface area (Å²) in [4.78, 5) is 10.5. The third-order valence-corrected chi connectivity index (χ3v) is 2.09. The summed E-state index contributed by atoms with van der Waals surface area (Å²) in [5.41, 5.74) is 0.134. The Hall–Kier alpha value is -1.91. The van der Waals surface area contributed by atoms with Crippen LogP contribution in [-0.2, 0) is 4.79 Å². The van der Waals surface area contributed by atoms with Crippen LogP contribution in [0.15, 0.2) is 12.1 Å². The van der Waals surface area contributed by atoms with Gasteiger partial charge in [-0.2, -0.15) is 0 Å².